The van der Waals surface area contributed by atoms with Crippen LogP contribution in [0.5, 0.6) is 0 Å². The molecule has 0 unspecified atom stereocenters. The number of nitrogens with zero attached hydrogens (tertiary/aromatic N) is 3. The second-order valence-corrected chi connectivity index (χ2v) is 9.71. The largest absolute Gasteiger partial charge is 0.411 e. The van der Waals surface area contributed by atoms with Gasteiger partial charge < -0.3 is 9.73 Å². The lowest BCUT2D eigenvalue weighted by Crippen LogP contribution is -2.22. The van der Waals surface area contributed by atoms with Gasteiger partial charge in [0.1, 0.15) is 11.1 Å². The molecule has 154 valence electrons. The van der Waals surface area contributed by atoms with Gasteiger partial charge in [0.25, 0.3) is 5.22 Å². The molecule has 0 saturated heterocycles. The molecule has 8 heteroatoms. The highest BCUT2D eigenvalue weighted by Gasteiger charge is 2.24. The van der Waals surface area contributed by atoms with Crippen molar-refractivity contribution < 1.29 is 9.21 Å². The molecular weight excluding hydrogens is 416 g/mol. The van der Waals surface area contributed by atoms with Crippen LogP contribution in [0.2, 0.25) is 0 Å². The van der Waals surface area contributed by atoms with Crippen molar-refractivity contribution >= 4 is 34.0 Å². The number of hydrogen-bond donors (Lipinski definition) is 1. The number of nitriles is 1. The highest BCUT2D eigenvalue weighted by atomic mass is 32.2. The summed E-state index contributed by atoms with van der Waals surface area (Å²) >= 11 is 2.75. The zero-order chi connectivity index (χ0) is 21.1. The Morgan fingerprint density at radius 2 is 2.07 bits per heavy atom. The molecule has 4 rings (SSSR count). The fourth-order valence-electron chi connectivity index (χ4n) is 3.55. The van der Waals surface area contributed by atoms with Crippen LogP contribution in [0.15, 0.2) is 33.9 Å². The Labute approximate surface area is 183 Å². The van der Waals surface area contributed by atoms with Gasteiger partial charge in [0.15, 0.2) is 0 Å². The molecule has 1 aliphatic rings. The number of rotatable bonds is 5. The maximum absolute atomic E-state index is 12.8. The van der Waals surface area contributed by atoms with Gasteiger partial charge >= 0.3 is 0 Å². The van der Waals surface area contributed by atoms with Crippen LogP contribution in [0.4, 0.5) is 5.00 Å². The number of fused-ring (bicyclic) bond motifs is 1. The molecule has 1 amide bonds. The molecule has 0 bridgehead atoms. The second kappa shape index (κ2) is 9.02. The summed E-state index contributed by atoms with van der Waals surface area (Å²) in [6.07, 6.45) is 5.32. The number of hydrogen-bond acceptors (Lipinski definition) is 7. The van der Waals surface area contributed by atoms with Crippen LogP contribution in [0.1, 0.15) is 47.8 Å². The van der Waals surface area contributed by atoms with Crippen molar-refractivity contribution in [2.75, 3.05) is 5.32 Å². The van der Waals surface area contributed by atoms with Gasteiger partial charge in [-0.15, -0.1) is 21.5 Å². The lowest BCUT2D eigenvalue weighted by Gasteiger charge is -2.09. The van der Waals surface area contributed by atoms with Crippen LogP contribution in [0.3, 0.4) is 0 Å². The highest BCUT2D eigenvalue weighted by Crippen LogP contribution is 2.37. The van der Waals surface area contributed by atoms with Crippen LogP contribution in [-0.4, -0.2) is 21.4 Å². The minimum atomic E-state index is -0.441. The minimum absolute atomic E-state index is 0.177. The lowest BCUT2D eigenvalue weighted by atomic mass is 10.1. The van der Waals surface area contributed by atoms with E-state index < -0.39 is 5.25 Å². The monoisotopic (exact) mass is 438 g/mol. The van der Waals surface area contributed by atoms with Gasteiger partial charge in [0.05, 0.1) is 10.8 Å². The average Bonchev–Trinajstić information content (AvgIpc) is 3.25. The maximum atomic E-state index is 12.8. The Morgan fingerprint density at radius 3 is 2.87 bits per heavy atom. The first-order valence-corrected chi connectivity index (χ1v) is 11.7. The molecule has 30 heavy (non-hydrogen) atoms. The van der Waals surface area contributed by atoms with Crippen molar-refractivity contribution in [3.05, 3.63) is 45.8 Å². The number of thiophene rings is 1. The Morgan fingerprint density at radius 1 is 1.27 bits per heavy atom. The van der Waals surface area contributed by atoms with Crippen LogP contribution in [-0.2, 0) is 17.6 Å². The molecule has 1 N–H and O–H groups in total. The first kappa shape index (κ1) is 20.6. The van der Waals surface area contributed by atoms with Crippen molar-refractivity contribution in [1.29, 1.82) is 5.26 Å². The third kappa shape index (κ3) is 4.27. The third-order valence-corrected chi connectivity index (χ3v) is 7.34. The van der Waals surface area contributed by atoms with E-state index in [2.05, 4.69) is 21.6 Å². The van der Waals surface area contributed by atoms with Gasteiger partial charge in [-0.1, -0.05) is 36.4 Å². The Kier molecular flexibility index (Phi) is 6.21. The van der Waals surface area contributed by atoms with E-state index in [-0.39, 0.29) is 5.91 Å². The third-order valence-electron chi connectivity index (χ3n) is 5.20. The number of amides is 1. The van der Waals surface area contributed by atoms with Crippen LogP contribution in [0, 0.1) is 18.3 Å². The second-order valence-electron chi connectivity index (χ2n) is 7.32. The van der Waals surface area contributed by atoms with Crippen molar-refractivity contribution in [2.24, 2.45) is 0 Å². The molecule has 0 spiro atoms. The highest BCUT2D eigenvalue weighted by molar-refractivity contribution is 8.00. The lowest BCUT2D eigenvalue weighted by molar-refractivity contribution is -0.115. The van der Waals surface area contributed by atoms with Gasteiger partial charge in [-0.05, 0) is 56.7 Å². The van der Waals surface area contributed by atoms with E-state index in [9.17, 15) is 10.1 Å². The Balaban J connectivity index is 1.45. The zero-order valence-corrected chi connectivity index (χ0v) is 18.5. The molecule has 1 aromatic carbocycles. The topological polar surface area (TPSA) is 91.8 Å². The normalized spacial score (nSPS) is 14.4. The standard InChI is InChI=1S/C22H22N4O2S2/c1-13-8-6-7-9-15(13)20-25-26-22(28-20)29-14(2)19(27)24-21-17(12-23)16-10-4-3-5-11-18(16)30-21/h6-9,14H,3-5,10-11H2,1-2H3,(H,24,27)/t14-/m0/s1. The summed E-state index contributed by atoms with van der Waals surface area (Å²) in [5.74, 6) is 0.264. The minimum Gasteiger partial charge on any atom is -0.411 e. The maximum Gasteiger partial charge on any atom is 0.277 e. The number of aromatic nitrogens is 2. The van der Waals surface area contributed by atoms with E-state index in [1.54, 1.807) is 6.92 Å². The average molecular weight is 439 g/mol. The van der Waals surface area contributed by atoms with Crippen molar-refractivity contribution in [3.63, 3.8) is 0 Å². The fourth-order valence-corrected chi connectivity index (χ4v) is 5.47. The molecule has 1 atom stereocenters. The smallest absolute Gasteiger partial charge is 0.277 e. The number of nitrogens with one attached hydrogen (secondary N) is 1. The predicted molar refractivity (Wildman–Crippen MR) is 119 cm³/mol. The number of carbonyl (C=O) groups excluding carboxylic acids is 1. The van der Waals surface area contributed by atoms with E-state index >= 15 is 0 Å². The Hall–Kier alpha value is -2.63. The molecule has 0 fully saturated rings. The first-order valence-electron chi connectivity index (χ1n) is 9.98. The summed E-state index contributed by atoms with van der Waals surface area (Å²) in [6.45, 7) is 3.78. The van der Waals surface area contributed by atoms with Gasteiger partial charge in [-0.2, -0.15) is 5.26 Å². The van der Waals surface area contributed by atoms with Gasteiger partial charge in [-0.25, -0.2) is 0 Å². The summed E-state index contributed by atoms with van der Waals surface area (Å²) < 4.78 is 5.76. The van der Waals surface area contributed by atoms with Crippen molar-refractivity contribution in [3.8, 4) is 17.5 Å². The molecule has 6 nitrogen and oxygen atoms in total. The molecule has 2 heterocycles. The molecule has 1 aliphatic carbocycles. The molecular formula is C22H22N4O2S2. The van der Waals surface area contributed by atoms with Crippen LogP contribution >= 0.6 is 23.1 Å². The van der Waals surface area contributed by atoms with Crippen molar-refractivity contribution in [2.45, 2.75) is 56.4 Å². The number of benzene rings is 1. The summed E-state index contributed by atoms with van der Waals surface area (Å²) in [4.78, 5) is 14.0. The van der Waals surface area contributed by atoms with Crippen LogP contribution < -0.4 is 5.32 Å². The van der Waals surface area contributed by atoms with Gasteiger partial charge in [0.2, 0.25) is 11.8 Å². The number of anilines is 1. The molecule has 0 radical (unpaired) electrons. The van der Waals surface area contributed by atoms with Crippen molar-refractivity contribution in [1.82, 2.24) is 10.2 Å². The summed E-state index contributed by atoms with van der Waals surface area (Å²) in [5, 5.41) is 21.4. The molecule has 3 aromatic rings. The quantitative estimate of drug-likeness (QED) is 0.425. The van der Waals surface area contributed by atoms with E-state index in [0.29, 0.717) is 21.7 Å². The summed E-state index contributed by atoms with van der Waals surface area (Å²) in [7, 11) is 0. The van der Waals surface area contributed by atoms with Gasteiger partial charge in [0, 0.05) is 10.4 Å². The fraction of sp³-hybridized carbons (Fsp3) is 0.364. The molecule has 0 saturated carbocycles. The first-order chi connectivity index (χ1) is 14.6. The Bertz CT molecular complexity index is 1110. The van der Waals surface area contributed by atoms with E-state index in [1.165, 1.54) is 34.4 Å². The van der Waals surface area contributed by atoms with Gasteiger partial charge in [-0.3, -0.25) is 4.79 Å². The number of carbonyl (C=O) groups is 1. The predicted octanol–water partition coefficient (Wildman–Crippen LogP) is 5.37. The number of thioether (sulfide) groups is 1. The number of aryl methyl sites for hydroxylation is 2. The summed E-state index contributed by atoms with van der Waals surface area (Å²) in [6, 6.07) is 10.1. The zero-order valence-electron chi connectivity index (χ0n) is 16.9. The molecule has 0 aliphatic heterocycles. The van der Waals surface area contributed by atoms with E-state index in [0.717, 1.165) is 42.4 Å². The SMILES string of the molecule is Cc1ccccc1-c1nnc(S[C@@H](C)C(=O)Nc2sc3c(c2C#N)CCCCC3)o1. The summed E-state index contributed by atoms with van der Waals surface area (Å²) in [5.41, 5.74) is 3.68. The van der Waals surface area contributed by atoms with Crippen LogP contribution in [0.25, 0.3) is 11.5 Å². The van der Waals surface area contributed by atoms with E-state index in [1.807, 2.05) is 31.2 Å². The van der Waals surface area contributed by atoms with E-state index in [4.69, 9.17) is 4.42 Å². The molecule has 2 aromatic heterocycles.